The van der Waals surface area contributed by atoms with Crippen molar-refractivity contribution in [2.75, 3.05) is 5.32 Å². The highest BCUT2D eigenvalue weighted by Crippen LogP contribution is 2.27. The number of aromatic hydroxyl groups is 1. The van der Waals surface area contributed by atoms with Crippen molar-refractivity contribution in [3.8, 4) is 5.75 Å². The van der Waals surface area contributed by atoms with E-state index in [0.29, 0.717) is 6.42 Å². The van der Waals surface area contributed by atoms with Crippen LogP contribution < -0.4 is 5.32 Å². The molecule has 3 nitrogen and oxygen atoms in total. The maximum atomic E-state index is 13.6. The van der Waals surface area contributed by atoms with Gasteiger partial charge in [-0.3, -0.25) is 4.79 Å². The van der Waals surface area contributed by atoms with Crippen molar-refractivity contribution in [1.82, 2.24) is 0 Å². The van der Waals surface area contributed by atoms with Crippen molar-refractivity contribution < 1.29 is 14.3 Å². The summed E-state index contributed by atoms with van der Waals surface area (Å²) in [6, 6.07) is 11.8. The molecule has 3 rings (SSSR count). The Morgan fingerprint density at radius 1 is 1.19 bits per heavy atom. The minimum atomic E-state index is -0.625. The fourth-order valence-corrected chi connectivity index (χ4v) is 2.76. The Morgan fingerprint density at radius 3 is 2.71 bits per heavy atom. The average Bonchev–Trinajstić information content (AvgIpc) is 2.49. The van der Waals surface area contributed by atoms with Crippen molar-refractivity contribution in [3.05, 3.63) is 59.4 Å². The number of hydrogen-bond acceptors (Lipinski definition) is 2. The minimum Gasteiger partial charge on any atom is -0.508 e. The summed E-state index contributed by atoms with van der Waals surface area (Å²) < 4.78 is 13.6. The summed E-state index contributed by atoms with van der Waals surface area (Å²) in [7, 11) is 0. The lowest BCUT2D eigenvalue weighted by atomic mass is 9.83. The number of benzene rings is 2. The number of anilines is 1. The Balaban J connectivity index is 1.72. The smallest absolute Gasteiger partial charge is 0.227 e. The Bertz CT molecular complexity index is 684. The number of carbonyl (C=O) groups excluding carboxylic acids is 1. The van der Waals surface area contributed by atoms with E-state index in [1.165, 1.54) is 23.3 Å². The van der Waals surface area contributed by atoms with Gasteiger partial charge < -0.3 is 10.4 Å². The molecule has 0 saturated heterocycles. The third-order valence-electron chi connectivity index (χ3n) is 3.93. The second-order valence-corrected chi connectivity index (χ2v) is 5.36. The second-order valence-electron chi connectivity index (χ2n) is 5.36. The summed E-state index contributed by atoms with van der Waals surface area (Å²) in [5, 5.41) is 11.8. The van der Waals surface area contributed by atoms with Crippen LogP contribution in [0, 0.1) is 11.7 Å². The summed E-state index contributed by atoms with van der Waals surface area (Å²) in [5.74, 6) is -1.10. The first-order valence-corrected chi connectivity index (χ1v) is 6.99. The van der Waals surface area contributed by atoms with Crippen molar-refractivity contribution in [1.29, 1.82) is 0 Å². The largest absolute Gasteiger partial charge is 0.508 e. The van der Waals surface area contributed by atoms with Gasteiger partial charge in [0.2, 0.25) is 5.91 Å². The van der Waals surface area contributed by atoms with E-state index in [0.717, 1.165) is 18.9 Å². The molecular weight excluding hydrogens is 269 g/mol. The molecule has 0 heterocycles. The summed E-state index contributed by atoms with van der Waals surface area (Å²) >= 11 is 0. The van der Waals surface area contributed by atoms with Crippen molar-refractivity contribution in [3.63, 3.8) is 0 Å². The molecule has 0 bridgehead atoms. The average molecular weight is 285 g/mol. The van der Waals surface area contributed by atoms with Gasteiger partial charge in [0.15, 0.2) is 0 Å². The van der Waals surface area contributed by atoms with Crippen LogP contribution in [0.15, 0.2) is 42.5 Å². The number of fused-ring (bicyclic) bond motifs is 1. The van der Waals surface area contributed by atoms with Crippen LogP contribution in [0.4, 0.5) is 10.1 Å². The fraction of sp³-hybridized carbons (Fsp3) is 0.235. The number of hydrogen-bond donors (Lipinski definition) is 2. The SMILES string of the molecule is O=C(Nc1ccc(O)cc1F)C1CCc2ccccc2C1. The molecule has 108 valence electrons. The molecule has 4 heteroatoms. The number of phenols is 1. The minimum absolute atomic E-state index is 0.108. The van der Waals surface area contributed by atoms with Gasteiger partial charge in [-0.2, -0.15) is 0 Å². The normalized spacial score (nSPS) is 17.1. The number of halogens is 1. The predicted octanol–water partition coefficient (Wildman–Crippen LogP) is 3.27. The molecule has 1 aliphatic rings. The lowest BCUT2D eigenvalue weighted by Gasteiger charge is -2.23. The highest BCUT2D eigenvalue weighted by Gasteiger charge is 2.25. The van der Waals surface area contributed by atoms with Crippen molar-refractivity contribution in [2.24, 2.45) is 5.92 Å². The van der Waals surface area contributed by atoms with Gasteiger partial charge in [-0.1, -0.05) is 24.3 Å². The number of rotatable bonds is 2. The molecule has 0 spiro atoms. The van der Waals surface area contributed by atoms with E-state index in [1.807, 2.05) is 18.2 Å². The number of carbonyl (C=O) groups is 1. The number of phenolic OH excluding ortho intramolecular Hbond substituents is 1. The quantitative estimate of drug-likeness (QED) is 0.832. The van der Waals surface area contributed by atoms with Crippen LogP contribution in [0.25, 0.3) is 0 Å². The molecule has 1 unspecified atom stereocenters. The lowest BCUT2D eigenvalue weighted by molar-refractivity contribution is -0.120. The summed E-state index contributed by atoms with van der Waals surface area (Å²) in [6.45, 7) is 0. The van der Waals surface area contributed by atoms with Gasteiger partial charge in [0.1, 0.15) is 11.6 Å². The monoisotopic (exact) mass is 285 g/mol. The summed E-state index contributed by atoms with van der Waals surface area (Å²) in [5.41, 5.74) is 2.59. The first kappa shape index (κ1) is 13.6. The van der Waals surface area contributed by atoms with Crippen LogP contribution in [0.1, 0.15) is 17.5 Å². The molecule has 0 radical (unpaired) electrons. The van der Waals surface area contributed by atoms with Gasteiger partial charge in [0.25, 0.3) is 0 Å². The second kappa shape index (κ2) is 5.56. The van der Waals surface area contributed by atoms with Crippen LogP contribution >= 0.6 is 0 Å². The van der Waals surface area contributed by atoms with Crippen molar-refractivity contribution in [2.45, 2.75) is 19.3 Å². The van der Waals surface area contributed by atoms with Gasteiger partial charge in [0.05, 0.1) is 5.69 Å². The van der Waals surface area contributed by atoms with E-state index in [4.69, 9.17) is 0 Å². The molecule has 0 aliphatic heterocycles. The maximum absolute atomic E-state index is 13.6. The molecule has 2 aromatic carbocycles. The fourth-order valence-electron chi connectivity index (χ4n) is 2.76. The van der Waals surface area contributed by atoms with E-state index >= 15 is 0 Å². The molecule has 1 atom stereocenters. The van der Waals surface area contributed by atoms with E-state index in [2.05, 4.69) is 11.4 Å². The Hall–Kier alpha value is -2.36. The zero-order valence-electron chi connectivity index (χ0n) is 11.5. The number of aryl methyl sites for hydroxylation is 1. The van der Waals surface area contributed by atoms with E-state index in [9.17, 15) is 14.3 Å². The Kier molecular flexibility index (Phi) is 3.60. The van der Waals surface area contributed by atoms with Gasteiger partial charge in [-0.15, -0.1) is 0 Å². The highest BCUT2D eigenvalue weighted by atomic mass is 19.1. The zero-order chi connectivity index (χ0) is 14.8. The molecule has 2 N–H and O–H groups in total. The highest BCUT2D eigenvalue weighted by molar-refractivity contribution is 5.93. The topological polar surface area (TPSA) is 49.3 Å². The molecule has 0 aromatic heterocycles. The first-order chi connectivity index (χ1) is 10.1. The van der Waals surface area contributed by atoms with Crippen LogP contribution in [0.3, 0.4) is 0 Å². The van der Waals surface area contributed by atoms with Gasteiger partial charge in [-0.25, -0.2) is 4.39 Å². The van der Waals surface area contributed by atoms with Gasteiger partial charge >= 0.3 is 0 Å². The van der Waals surface area contributed by atoms with E-state index in [-0.39, 0.29) is 23.3 Å². The maximum Gasteiger partial charge on any atom is 0.227 e. The molecule has 2 aromatic rings. The number of amides is 1. The van der Waals surface area contributed by atoms with Crippen LogP contribution in [-0.4, -0.2) is 11.0 Å². The first-order valence-electron chi connectivity index (χ1n) is 6.99. The van der Waals surface area contributed by atoms with E-state index in [1.54, 1.807) is 0 Å². The van der Waals surface area contributed by atoms with E-state index < -0.39 is 5.82 Å². The molecule has 0 saturated carbocycles. The molecule has 21 heavy (non-hydrogen) atoms. The molecule has 0 fully saturated rings. The predicted molar refractivity (Wildman–Crippen MR) is 78.7 cm³/mol. The van der Waals surface area contributed by atoms with Crippen LogP contribution in [0.2, 0.25) is 0 Å². The molecule has 1 aliphatic carbocycles. The molecule has 1 amide bonds. The van der Waals surface area contributed by atoms with Crippen LogP contribution in [0.5, 0.6) is 5.75 Å². The van der Waals surface area contributed by atoms with Crippen LogP contribution in [-0.2, 0) is 17.6 Å². The lowest BCUT2D eigenvalue weighted by Crippen LogP contribution is -2.28. The number of nitrogens with one attached hydrogen (secondary N) is 1. The third-order valence-corrected chi connectivity index (χ3v) is 3.93. The standard InChI is InChI=1S/C17H16FNO2/c18-15-10-14(20)7-8-16(15)19-17(21)13-6-5-11-3-1-2-4-12(11)9-13/h1-4,7-8,10,13,20H,5-6,9H2,(H,19,21). The van der Waals surface area contributed by atoms with Crippen molar-refractivity contribution >= 4 is 11.6 Å². The summed E-state index contributed by atoms with van der Waals surface area (Å²) in [6.07, 6.45) is 2.32. The zero-order valence-corrected chi connectivity index (χ0v) is 11.5. The summed E-state index contributed by atoms with van der Waals surface area (Å²) in [4.78, 5) is 12.3. The Labute approximate surface area is 122 Å². The third kappa shape index (κ3) is 2.89. The van der Waals surface area contributed by atoms with Gasteiger partial charge in [0, 0.05) is 12.0 Å². The molecular formula is C17H16FNO2. The Morgan fingerprint density at radius 2 is 1.95 bits per heavy atom. The van der Waals surface area contributed by atoms with Gasteiger partial charge in [-0.05, 0) is 42.5 Å².